The van der Waals surface area contributed by atoms with E-state index in [1.807, 2.05) is 30.3 Å². The lowest BCUT2D eigenvalue weighted by Crippen LogP contribution is -2.10. The van der Waals surface area contributed by atoms with Gasteiger partial charge in [-0.25, -0.2) is 0 Å². The van der Waals surface area contributed by atoms with Gasteiger partial charge in [-0.3, -0.25) is 14.1 Å². The first kappa shape index (κ1) is 27.4. The molecule has 0 radical (unpaired) electrons. The molecule has 1 N–H and O–H groups in total. The van der Waals surface area contributed by atoms with Crippen LogP contribution in [-0.4, -0.2) is 23.0 Å². The monoisotopic (exact) mass is 523 g/mol. The molecule has 4 rings (SSSR count). The van der Waals surface area contributed by atoms with E-state index in [4.69, 9.17) is 13.8 Å². The van der Waals surface area contributed by atoms with Crippen LogP contribution < -0.4 is 4.74 Å². The molecule has 2 unspecified atom stereocenters. The highest BCUT2D eigenvalue weighted by Gasteiger charge is 2.32. The van der Waals surface area contributed by atoms with Gasteiger partial charge in [0.15, 0.2) is 6.35 Å². The Labute approximate surface area is 220 Å². The topological polar surface area (TPSA) is 77.9 Å². The van der Waals surface area contributed by atoms with Crippen LogP contribution in [0.3, 0.4) is 0 Å². The van der Waals surface area contributed by atoms with Crippen LogP contribution in [0.5, 0.6) is 11.5 Å². The van der Waals surface area contributed by atoms with Crippen LogP contribution in [0.15, 0.2) is 54.9 Å². The van der Waals surface area contributed by atoms with Crippen molar-refractivity contribution in [3.05, 3.63) is 88.2 Å². The minimum atomic E-state index is -3.48. The van der Waals surface area contributed by atoms with Gasteiger partial charge in [-0.1, -0.05) is 38.8 Å². The van der Waals surface area contributed by atoms with Crippen LogP contribution in [0, 0.1) is 13.8 Å². The fourth-order valence-electron chi connectivity index (χ4n) is 4.81. The minimum Gasteiger partial charge on any atom is -0.508 e. The fourth-order valence-corrected chi connectivity index (χ4v) is 6.34. The van der Waals surface area contributed by atoms with E-state index >= 15 is 0 Å². The van der Waals surface area contributed by atoms with Crippen molar-refractivity contribution < 1.29 is 23.5 Å². The Balaban J connectivity index is 1.49. The number of aromatic hydroxyl groups is 1. The quantitative estimate of drug-likeness (QED) is 0.316. The van der Waals surface area contributed by atoms with E-state index in [0.717, 1.165) is 59.9 Å². The second-order valence-corrected chi connectivity index (χ2v) is 12.2. The van der Waals surface area contributed by atoms with Gasteiger partial charge in [0.05, 0.1) is 12.7 Å². The lowest BCUT2D eigenvalue weighted by molar-refractivity contribution is 0.134. The van der Waals surface area contributed by atoms with Crippen LogP contribution >= 0.6 is 7.60 Å². The Bertz CT molecular complexity index is 1220. The number of hydrogen-bond acceptors (Lipinski definition) is 6. The van der Waals surface area contributed by atoms with E-state index in [-0.39, 0.29) is 18.4 Å². The van der Waals surface area contributed by atoms with Crippen molar-refractivity contribution in [2.75, 3.05) is 13.0 Å². The molecular weight excluding hydrogens is 485 g/mol. The lowest BCUT2D eigenvalue weighted by atomic mass is 9.93. The summed E-state index contributed by atoms with van der Waals surface area (Å²) in [6, 6.07) is 13.6. The summed E-state index contributed by atoms with van der Waals surface area (Å²) in [4.78, 5) is 4.09. The SMILES string of the molecule is Cc1cc(OCP2(=O)OCCCCCC(c3ccncc3)O2)cc(C)c1Cc1ccc(O)c(C(C)C)c1. The standard InChI is InChI=1S/C30H38NO5P/c1-21(2)27-18-24(9-10-29(27)32)19-28-22(3)16-26(17-23(28)4)34-20-37(33)35-15-7-5-6-8-30(36-37)25-11-13-31-14-12-25/h9-14,16-18,21,30,32H,5-8,15,19-20H2,1-4H3. The summed E-state index contributed by atoms with van der Waals surface area (Å²) in [7, 11) is -3.48. The number of phenols is 1. The molecule has 0 saturated carbocycles. The van der Waals surface area contributed by atoms with Gasteiger partial charge in [0, 0.05) is 12.4 Å². The Morgan fingerprint density at radius 1 is 1.05 bits per heavy atom. The molecule has 0 spiro atoms. The van der Waals surface area contributed by atoms with Gasteiger partial charge in [-0.2, -0.15) is 0 Å². The summed E-state index contributed by atoms with van der Waals surface area (Å²) in [6.45, 7) is 8.68. The maximum absolute atomic E-state index is 13.7. The number of aromatic nitrogens is 1. The predicted octanol–water partition coefficient (Wildman–Crippen LogP) is 8.00. The first-order valence-electron chi connectivity index (χ1n) is 13.1. The summed E-state index contributed by atoms with van der Waals surface area (Å²) in [5.74, 6) is 1.24. The Hall–Kier alpha value is -2.66. The number of rotatable bonds is 7. The second kappa shape index (κ2) is 12.3. The largest absolute Gasteiger partial charge is 0.508 e. The molecule has 7 heteroatoms. The molecule has 0 amide bonds. The molecule has 0 aliphatic carbocycles. The Kier molecular flexibility index (Phi) is 9.07. The van der Waals surface area contributed by atoms with Crippen LogP contribution in [0.1, 0.15) is 84.9 Å². The number of pyridine rings is 1. The molecule has 1 fully saturated rings. The average molecular weight is 524 g/mol. The van der Waals surface area contributed by atoms with Gasteiger partial charge in [-0.15, -0.1) is 0 Å². The van der Waals surface area contributed by atoms with E-state index in [2.05, 4.69) is 38.7 Å². The first-order chi connectivity index (χ1) is 17.7. The zero-order chi connectivity index (χ0) is 26.4. The summed E-state index contributed by atoms with van der Waals surface area (Å²) in [5.41, 5.74) is 6.47. The van der Waals surface area contributed by atoms with E-state index in [1.165, 1.54) is 5.56 Å². The molecule has 0 bridgehead atoms. The minimum absolute atomic E-state index is 0.136. The first-order valence-corrected chi connectivity index (χ1v) is 14.8. The smallest absolute Gasteiger partial charge is 0.368 e. The maximum Gasteiger partial charge on any atom is 0.368 e. The number of phenolic OH excluding ortho intramolecular Hbond substituents is 1. The summed E-state index contributed by atoms with van der Waals surface area (Å²) in [6.07, 6.45) is 7.37. The van der Waals surface area contributed by atoms with Crippen molar-refractivity contribution >= 4 is 7.60 Å². The van der Waals surface area contributed by atoms with Gasteiger partial charge < -0.3 is 14.4 Å². The highest BCUT2D eigenvalue weighted by Crippen LogP contribution is 2.53. The van der Waals surface area contributed by atoms with Crippen molar-refractivity contribution in [3.8, 4) is 11.5 Å². The molecule has 3 aromatic rings. The molecule has 6 nitrogen and oxygen atoms in total. The van der Waals surface area contributed by atoms with Gasteiger partial charge >= 0.3 is 7.60 Å². The third-order valence-electron chi connectivity index (χ3n) is 6.92. The van der Waals surface area contributed by atoms with E-state index in [1.54, 1.807) is 18.5 Å². The molecule has 1 aliphatic rings. The van der Waals surface area contributed by atoms with E-state index in [0.29, 0.717) is 18.1 Å². The number of nitrogens with zero attached hydrogens (tertiary/aromatic N) is 1. The van der Waals surface area contributed by atoms with Crippen molar-refractivity contribution in [2.45, 2.75) is 71.8 Å². The molecule has 2 aromatic carbocycles. The van der Waals surface area contributed by atoms with Crippen LogP contribution in [0.25, 0.3) is 0 Å². The molecule has 37 heavy (non-hydrogen) atoms. The number of benzene rings is 2. The molecule has 1 aromatic heterocycles. The lowest BCUT2D eigenvalue weighted by Gasteiger charge is -2.24. The van der Waals surface area contributed by atoms with Crippen LogP contribution in [0.4, 0.5) is 0 Å². The maximum atomic E-state index is 13.7. The van der Waals surface area contributed by atoms with Gasteiger partial charge in [0.25, 0.3) is 0 Å². The average Bonchev–Trinajstić information content (AvgIpc) is 2.97. The van der Waals surface area contributed by atoms with Crippen molar-refractivity contribution in [1.82, 2.24) is 4.98 Å². The normalized spacial score (nSPS) is 20.7. The molecule has 2 heterocycles. The zero-order valence-corrected chi connectivity index (χ0v) is 23.2. The van der Waals surface area contributed by atoms with E-state index < -0.39 is 7.60 Å². The molecule has 1 saturated heterocycles. The van der Waals surface area contributed by atoms with Gasteiger partial charge in [0.1, 0.15) is 11.5 Å². The molecule has 198 valence electrons. The number of aryl methyl sites for hydroxylation is 2. The van der Waals surface area contributed by atoms with Crippen LogP contribution in [-0.2, 0) is 20.0 Å². The summed E-state index contributed by atoms with van der Waals surface area (Å²) >= 11 is 0. The van der Waals surface area contributed by atoms with Gasteiger partial charge in [0.2, 0.25) is 0 Å². The number of hydrogen-bond donors (Lipinski definition) is 1. The Morgan fingerprint density at radius 2 is 1.78 bits per heavy atom. The second-order valence-electron chi connectivity index (χ2n) is 10.2. The Morgan fingerprint density at radius 3 is 2.49 bits per heavy atom. The highest BCUT2D eigenvalue weighted by molar-refractivity contribution is 7.53. The third kappa shape index (κ3) is 7.22. The van der Waals surface area contributed by atoms with Crippen molar-refractivity contribution in [2.24, 2.45) is 0 Å². The predicted molar refractivity (Wildman–Crippen MR) is 147 cm³/mol. The summed E-state index contributed by atoms with van der Waals surface area (Å²) in [5, 5.41) is 10.2. The summed E-state index contributed by atoms with van der Waals surface area (Å²) < 4.78 is 31.7. The number of ether oxygens (including phenoxy) is 1. The van der Waals surface area contributed by atoms with Gasteiger partial charge in [-0.05, 0) is 103 Å². The highest BCUT2D eigenvalue weighted by atomic mass is 31.2. The zero-order valence-electron chi connectivity index (χ0n) is 22.3. The third-order valence-corrected chi connectivity index (χ3v) is 8.52. The molecule has 1 aliphatic heterocycles. The molecular formula is C30H38NO5P. The van der Waals surface area contributed by atoms with E-state index in [9.17, 15) is 9.67 Å². The van der Waals surface area contributed by atoms with Crippen molar-refractivity contribution in [3.63, 3.8) is 0 Å². The van der Waals surface area contributed by atoms with Crippen LogP contribution in [0.2, 0.25) is 0 Å². The van der Waals surface area contributed by atoms with Crippen molar-refractivity contribution in [1.29, 1.82) is 0 Å². The molecule has 2 atom stereocenters. The fraction of sp³-hybridized carbons (Fsp3) is 0.433.